The molecule has 0 aliphatic rings. The SMILES string of the molecule is CC(C)[C@H](N)C(=O)O.CC(C)[C@H](N)C(=O)O.N[C@@H](Cc1ccc(O)cc1)C(=O)O. The number of phenolic OH excluding ortho intramolecular Hbond substituents is 1. The Balaban J connectivity index is 0. The van der Waals surface area contributed by atoms with Gasteiger partial charge < -0.3 is 37.6 Å². The maximum atomic E-state index is 10.4. The van der Waals surface area contributed by atoms with Crippen LogP contribution in [0.3, 0.4) is 0 Å². The normalized spacial score (nSPS) is 13.3. The molecule has 0 saturated heterocycles. The second kappa shape index (κ2) is 14.3. The van der Waals surface area contributed by atoms with Gasteiger partial charge in [-0.25, -0.2) is 0 Å². The maximum absolute atomic E-state index is 10.4. The lowest BCUT2D eigenvalue weighted by atomic mass is 10.1. The van der Waals surface area contributed by atoms with Crippen LogP contribution >= 0.6 is 0 Å². The quantitative estimate of drug-likeness (QED) is 0.327. The molecule has 0 spiro atoms. The van der Waals surface area contributed by atoms with Crippen molar-refractivity contribution in [2.24, 2.45) is 29.0 Å². The molecular formula is C19H33N3O7. The van der Waals surface area contributed by atoms with E-state index in [1.54, 1.807) is 39.8 Å². The Bertz CT molecular complexity index is 609. The van der Waals surface area contributed by atoms with Gasteiger partial charge in [-0.2, -0.15) is 0 Å². The molecule has 0 aromatic heterocycles. The van der Waals surface area contributed by atoms with Crippen molar-refractivity contribution in [1.29, 1.82) is 0 Å². The van der Waals surface area contributed by atoms with Crippen LogP contribution in [0.4, 0.5) is 0 Å². The number of carboxylic acid groups (broad SMARTS) is 3. The van der Waals surface area contributed by atoms with E-state index < -0.39 is 36.0 Å². The van der Waals surface area contributed by atoms with Crippen LogP contribution < -0.4 is 17.2 Å². The summed E-state index contributed by atoms with van der Waals surface area (Å²) in [7, 11) is 0. The molecule has 10 nitrogen and oxygen atoms in total. The van der Waals surface area contributed by atoms with Crippen LogP contribution in [-0.2, 0) is 20.8 Å². The summed E-state index contributed by atoms with van der Waals surface area (Å²) in [6, 6.07) is 4.00. The van der Waals surface area contributed by atoms with E-state index in [1.165, 1.54) is 12.1 Å². The molecule has 0 aliphatic carbocycles. The van der Waals surface area contributed by atoms with Crippen molar-refractivity contribution in [3.63, 3.8) is 0 Å². The molecule has 0 saturated carbocycles. The van der Waals surface area contributed by atoms with Crippen LogP contribution in [0.1, 0.15) is 33.3 Å². The molecule has 0 aliphatic heterocycles. The lowest BCUT2D eigenvalue weighted by molar-refractivity contribution is -0.140. The molecular weight excluding hydrogens is 382 g/mol. The molecule has 3 atom stereocenters. The number of nitrogens with two attached hydrogens (primary N) is 3. The standard InChI is InChI=1S/C9H11NO3.2C5H11NO2/c10-8(9(12)13)5-6-1-3-7(11)4-2-6;2*1-3(2)4(6)5(7)8/h1-4,8,11H,5,10H2,(H,12,13);2*3-4H,6H2,1-2H3,(H,7,8)/t8-;2*4-/m000/s1. The molecule has 10 heteroatoms. The van der Waals surface area contributed by atoms with Gasteiger partial charge in [0.15, 0.2) is 0 Å². The average Bonchev–Trinajstić information content (AvgIpc) is 2.62. The maximum Gasteiger partial charge on any atom is 0.320 e. The number of phenols is 1. The van der Waals surface area contributed by atoms with E-state index in [1.807, 2.05) is 0 Å². The fourth-order valence-electron chi connectivity index (χ4n) is 1.54. The van der Waals surface area contributed by atoms with E-state index in [0.29, 0.717) is 0 Å². The summed E-state index contributed by atoms with van der Waals surface area (Å²) in [5.74, 6) is -2.68. The number of carboxylic acids is 3. The minimum absolute atomic E-state index is 0.0208. The third-order valence-electron chi connectivity index (χ3n) is 3.72. The van der Waals surface area contributed by atoms with Gasteiger partial charge in [-0.3, -0.25) is 14.4 Å². The summed E-state index contributed by atoms with van der Waals surface area (Å²) in [6.07, 6.45) is 0.273. The van der Waals surface area contributed by atoms with E-state index in [-0.39, 0.29) is 24.0 Å². The van der Waals surface area contributed by atoms with E-state index >= 15 is 0 Å². The highest BCUT2D eigenvalue weighted by molar-refractivity contribution is 5.74. The largest absolute Gasteiger partial charge is 0.508 e. The van der Waals surface area contributed by atoms with E-state index in [4.69, 9.17) is 37.6 Å². The second-order valence-corrected chi connectivity index (χ2v) is 7.03. The fraction of sp³-hybridized carbons (Fsp3) is 0.526. The Morgan fingerprint density at radius 1 is 0.759 bits per heavy atom. The van der Waals surface area contributed by atoms with Crippen molar-refractivity contribution in [3.05, 3.63) is 29.8 Å². The minimum atomic E-state index is -1.02. The summed E-state index contributed by atoms with van der Waals surface area (Å²) >= 11 is 0. The number of hydrogen-bond donors (Lipinski definition) is 7. The lowest BCUT2D eigenvalue weighted by Gasteiger charge is -2.07. The molecule has 29 heavy (non-hydrogen) atoms. The van der Waals surface area contributed by atoms with Crippen molar-refractivity contribution in [2.45, 2.75) is 52.2 Å². The molecule has 0 amide bonds. The van der Waals surface area contributed by atoms with Crippen LogP contribution in [0.2, 0.25) is 0 Å². The summed E-state index contributed by atoms with van der Waals surface area (Å²) < 4.78 is 0. The molecule has 166 valence electrons. The number of aromatic hydroxyl groups is 1. The highest BCUT2D eigenvalue weighted by atomic mass is 16.4. The number of rotatable bonds is 7. The van der Waals surface area contributed by atoms with Gasteiger partial charge in [-0.05, 0) is 36.0 Å². The molecule has 0 unspecified atom stereocenters. The molecule has 0 radical (unpaired) electrons. The van der Waals surface area contributed by atoms with E-state index in [0.717, 1.165) is 5.56 Å². The van der Waals surface area contributed by atoms with Gasteiger partial charge in [-0.15, -0.1) is 0 Å². The Labute approximate surface area is 170 Å². The van der Waals surface area contributed by atoms with Crippen molar-refractivity contribution >= 4 is 17.9 Å². The van der Waals surface area contributed by atoms with Crippen LogP contribution in [0.5, 0.6) is 5.75 Å². The molecule has 0 heterocycles. The summed E-state index contributed by atoms with van der Waals surface area (Å²) in [5.41, 5.74) is 16.4. The number of hydrogen-bond acceptors (Lipinski definition) is 7. The van der Waals surface area contributed by atoms with Crippen LogP contribution in [0.25, 0.3) is 0 Å². The third kappa shape index (κ3) is 14.0. The fourth-order valence-corrected chi connectivity index (χ4v) is 1.54. The molecule has 1 rings (SSSR count). The molecule has 1 aromatic carbocycles. The van der Waals surface area contributed by atoms with Gasteiger partial charge in [0, 0.05) is 0 Å². The Morgan fingerprint density at radius 3 is 1.31 bits per heavy atom. The van der Waals surface area contributed by atoms with Crippen molar-refractivity contribution in [2.75, 3.05) is 0 Å². The minimum Gasteiger partial charge on any atom is -0.508 e. The zero-order valence-electron chi connectivity index (χ0n) is 17.1. The van der Waals surface area contributed by atoms with Crippen molar-refractivity contribution in [1.82, 2.24) is 0 Å². The van der Waals surface area contributed by atoms with Crippen molar-refractivity contribution in [3.8, 4) is 5.75 Å². The molecule has 0 fully saturated rings. The molecule has 0 bridgehead atoms. The second-order valence-electron chi connectivity index (χ2n) is 7.03. The van der Waals surface area contributed by atoms with Crippen LogP contribution in [0, 0.1) is 11.8 Å². The Hall–Kier alpha value is -2.69. The first-order valence-corrected chi connectivity index (χ1v) is 8.93. The Morgan fingerprint density at radius 2 is 1.10 bits per heavy atom. The summed E-state index contributed by atoms with van der Waals surface area (Å²) in [6.45, 7) is 7.11. The van der Waals surface area contributed by atoms with Crippen molar-refractivity contribution < 1.29 is 34.8 Å². The van der Waals surface area contributed by atoms with E-state index in [2.05, 4.69) is 0 Å². The first kappa shape index (κ1) is 28.5. The number of aliphatic carboxylic acids is 3. The average molecular weight is 415 g/mol. The first-order chi connectivity index (χ1) is 13.2. The van der Waals surface area contributed by atoms with Gasteiger partial charge in [0.2, 0.25) is 0 Å². The van der Waals surface area contributed by atoms with Gasteiger partial charge in [-0.1, -0.05) is 39.8 Å². The van der Waals surface area contributed by atoms with E-state index in [9.17, 15) is 14.4 Å². The highest BCUT2D eigenvalue weighted by Gasteiger charge is 2.15. The summed E-state index contributed by atoms with van der Waals surface area (Å²) in [4.78, 5) is 30.4. The lowest BCUT2D eigenvalue weighted by Crippen LogP contribution is -2.34. The molecule has 10 N–H and O–H groups in total. The summed E-state index contributed by atoms with van der Waals surface area (Å²) in [5, 5.41) is 33.9. The third-order valence-corrected chi connectivity index (χ3v) is 3.72. The zero-order valence-corrected chi connectivity index (χ0v) is 17.1. The smallest absolute Gasteiger partial charge is 0.320 e. The zero-order chi connectivity index (χ0) is 23.3. The highest BCUT2D eigenvalue weighted by Crippen LogP contribution is 2.10. The predicted octanol–water partition coefficient (Wildman–Crippen LogP) is 0.455. The Kier molecular flexibility index (Phi) is 14.1. The number of carbonyl (C=O) groups is 3. The van der Waals surface area contributed by atoms with Crippen LogP contribution in [0.15, 0.2) is 24.3 Å². The topological polar surface area (TPSA) is 210 Å². The monoisotopic (exact) mass is 415 g/mol. The number of benzene rings is 1. The van der Waals surface area contributed by atoms with Crippen LogP contribution in [-0.4, -0.2) is 56.5 Å². The molecule has 1 aromatic rings. The van der Waals surface area contributed by atoms with Gasteiger partial charge in [0.05, 0.1) is 0 Å². The first-order valence-electron chi connectivity index (χ1n) is 8.93. The van der Waals surface area contributed by atoms with Gasteiger partial charge in [0.25, 0.3) is 0 Å². The van der Waals surface area contributed by atoms with Gasteiger partial charge >= 0.3 is 17.9 Å². The van der Waals surface area contributed by atoms with Gasteiger partial charge in [0.1, 0.15) is 23.9 Å². The predicted molar refractivity (Wildman–Crippen MR) is 108 cm³/mol.